The molecule has 1 heterocycles. The molecular formula is C12H23NO2. The number of hydrogen-bond acceptors (Lipinski definition) is 2. The van der Waals surface area contributed by atoms with Crippen LogP contribution >= 0.6 is 0 Å². The second kappa shape index (κ2) is 5.50. The van der Waals surface area contributed by atoms with Gasteiger partial charge < -0.3 is 9.64 Å². The maximum Gasteiger partial charge on any atom is 0.249 e. The first-order valence-electron chi connectivity index (χ1n) is 5.95. The second-order valence-electron chi connectivity index (χ2n) is 4.79. The van der Waals surface area contributed by atoms with Crippen molar-refractivity contribution in [3.63, 3.8) is 0 Å². The standard InChI is InChI=1S/C12H23NO2/c1-9(2)15-8-12(14)13-10(3)6-5-7-11(13)4/h9-11H,5-8H2,1-4H3/t10-,11+. The lowest BCUT2D eigenvalue weighted by Gasteiger charge is -2.39. The van der Waals surface area contributed by atoms with Gasteiger partial charge in [-0.15, -0.1) is 0 Å². The second-order valence-corrected chi connectivity index (χ2v) is 4.79. The number of amides is 1. The normalized spacial score (nSPS) is 27.1. The van der Waals surface area contributed by atoms with E-state index < -0.39 is 0 Å². The first-order chi connectivity index (χ1) is 7.02. The summed E-state index contributed by atoms with van der Waals surface area (Å²) in [6.07, 6.45) is 3.61. The van der Waals surface area contributed by atoms with Crippen LogP contribution in [0.15, 0.2) is 0 Å². The lowest BCUT2D eigenvalue weighted by Crippen LogP contribution is -2.49. The highest BCUT2D eigenvalue weighted by Gasteiger charge is 2.28. The third-order valence-corrected chi connectivity index (χ3v) is 3.02. The topological polar surface area (TPSA) is 29.5 Å². The highest BCUT2D eigenvalue weighted by Crippen LogP contribution is 2.22. The molecular weight excluding hydrogens is 190 g/mol. The van der Waals surface area contributed by atoms with E-state index in [-0.39, 0.29) is 18.6 Å². The summed E-state index contributed by atoms with van der Waals surface area (Å²) < 4.78 is 5.36. The molecule has 0 spiro atoms. The molecule has 1 fully saturated rings. The fourth-order valence-electron chi connectivity index (χ4n) is 2.23. The highest BCUT2D eigenvalue weighted by atomic mass is 16.5. The molecule has 1 rings (SSSR count). The van der Waals surface area contributed by atoms with Crippen molar-refractivity contribution >= 4 is 5.91 Å². The van der Waals surface area contributed by atoms with Crippen LogP contribution in [0.4, 0.5) is 0 Å². The molecule has 0 aliphatic carbocycles. The van der Waals surface area contributed by atoms with E-state index in [4.69, 9.17) is 4.74 Å². The monoisotopic (exact) mass is 213 g/mol. The molecule has 0 radical (unpaired) electrons. The molecule has 0 saturated carbocycles. The van der Waals surface area contributed by atoms with Crippen LogP contribution < -0.4 is 0 Å². The fourth-order valence-corrected chi connectivity index (χ4v) is 2.23. The van der Waals surface area contributed by atoms with Gasteiger partial charge in [0.05, 0.1) is 6.10 Å². The van der Waals surface area contributed by atoms with Crippen molar-refractivity contribution in [1.29, 1.82) is 0 Å². The van der Waals surface area contributed by atoms with Crippen LogP contribution in [0.5, 0.6) is 0 Å². The van der Waals surface area contributed by atoms with Crippen LogP contribution in [0, 0.1) is 0 Å². The molecule has 88 valence electrons. The van der Waals surface area contributed by atoms with Gasteiger partial charge in [-0.05, 0) is 47.0 Å². The quantitative estimate of drug-likeness (QED) is 0.719. The van der Waals surface area contributed by atoms with E-state index in [1.165, 1.54) is 6.42 Å². The van der Waals surface area contributed by atoms with Crippen molar-refractivity contribution in [3.05, 3.63) is 0 Å². The smallest absolute Gasteiger partial charge is 0.249 e. The minimum Gasteiger partial charge on any atom is -0.369 e. The Kier molecular flexibility index (Phi) is 4.58. The maximum atomic E-state index is 11.9. The summed E-state index contributed by atoms with van der Waals surface area (Å²) in [5, 5.41) is 0. The largest absolute Gasteiger partial charge is 0.369 e. The summed E-state index contributed by atoms with van der Waals surface area (Å²) in [7, 11) is 0. The summed E-state index contributed by atoms with van der Waals surface area (Å²) >= 11 is 0. The van der Waals surface area contributed by atoms with Crippen molar-refractivity contribution in [3.8, 4) is 0 Å². The van der Waals surface area contributed by atoms with Crippen LogP contribution in [-0.2, 0) is 9.53 Å². The molecule has 1 aliphatic rings. The number of piperidine rings is 1. The molecule has 15 heavy (non-hydrogen) atoms. The number of hydrogen-bond donors (Lipinski definition) is 0. The molecule has 0 bridgehead atoms. The molecule has 3 heteroatoms. The van der Waals surface area contributed by atoms with Gasteiger partial charge in [-0.3, -0.25) is 4.79 Å². The molecule has 1 amide bonds. The number of rotatable bonds is 3. The maximum absolute atomic E-state index is 11.9. The summed E-state index contributed by atoms with van der Waals surface area (Å²) in [6.45, 7) is 8.39. The van der Waals surface area contributed by atoms with Gasteiger partial charge in [0.1, 0.15) is 6.61 Å². The van der Waals surface area contributed by atoms with Gasteiger partial charge in [-0.2, -0.15) is 0 Å². The van der Waals surface area contributed by atoms with Gasteiger partial charge in [-0.25, -0.2) is 0 Å². The first kappa shape index (κ1) is 12.5. The van der Waals surface area contributed by atoms with Crippen LogP contribution in [0.25, 0.3) is 0 Å². The van der Waals surface area contributed by atoms with E-state index in [0.717, 1.165) is 12.8 Å². The Morgan fingerprint density at radius 1 is 1.33 bits per heavy atom. The molecule has 0 aromatic heterocycles. The Bertz CT molecular complexity index is 206. The minimum absolute atomic E-state index is 0.129. The van der Waals surface area contributed by atoms with Gasteiger partial charge >= 0.3 is 0 Å². The van der Waals surface area contributed by atoms with Crippen molar-refractivity contribution in [2.24, 2.45) is 0 Å². The van der Waals surface area contributed by atoms with Gasteiger partial charge in [-0.1, -0.05) is 0 Å². The SMILES string of the molecule is CC(C)OCC(=O)N1[C@H](C)CCC[C@@H]1C. The molecule has 0 unspecified atom stereocenters. The van der Waals surface area contributed by atoms with Crippen molar-refractivity contribution in [2.45, 2.75) is 65.1 Å². The Morgan fingerprint density at radius 2 is 1.87 bits per heavy atom. The third-order valence-electron chi connectivity index (χ3n) is 3.02. The summed E-state index contributed by atoms with van der Waals surface area (Å²) in [4.78, 5) is 13.9. The number of carbonyl (C=O) groups excluding carboxylic acids is 1. The molecule has 0 N–H and O–H groups in total. The molecule has 0 aromatic carbocycles. The van der Waals surface area contributed by atoms with E-state index in [2.05, 4.69) is 13.8 Å². The van der Waals surface area contributed by atoms with Gasteiger partial charge in [0.15, 0.2) is 0 Å². The average Bonchev–Trinajstić information content (AvgIpc) is 2.14. The first-order valence-corrected chi connectivity index (χ1v) is 5.95. The van der Waals surface area contributed by atoms with Gasteiger partial charge in [0, 0.05) is 12.1 Å². The molecule has 1 aliphatic heterocycles. The van der Waals surface area contributed by atoms with Crippen molar-refractivity contribution < 1.29 is 9.53 Å². The van der Waals surface area contributed by atoms with Gasteiger partial charge in [0.2, 0.25) is 5.91 Å². The Hall–Kier alpha value is -0.570. The lowest BCUT2D eigenvalue weighted by molar-refractivity contribution is -0.143. The predicted molar refractivity (Wildman–Crippen MR) is 60.7 cm³/mol. The predicted octanol–water partition coefficient (Wildman–Crippen LogP) is 2.20. The zero-order valence-corrected chi connectivity index (χ0v) is 10.3. The Morgan fingerprint density at radius 3 is 2.33 bits per heavy atom. The molecule has 0 aromatic rings. The Labute approximate surface area is 92.8 Å². The number of ether oxygens (including phenoxy) is 1. The third kappa shape index (κ3) is 3.49. The molecule has 2 atom stereocenters. The molecule has 3 nitrogen and oxygen atoms in total. The van der Waals surface area contributed by atoms with E-state index in [9.17, 15) is 4.79 Å². The number of likely N-dealkylation sites (tertiary alicyclic amines) is 1. The number of nitrogens with zero attached hydrogens (tertiary/aromatic N) is 1. The minimum atomic E-state index is 0.129. The van der Waals surface area contributed by atoms with E-state index in [0.29, 0.717) is 12.1 Å². The lowest BCUT2D eigenvalue weighted by atomic mass is 9.97. The molecule has 1 saturated heterocycles. The van der Waals surface area contributed by atoms with E-state index in [1.54, 1.807) is 0 Å². The van der Waals surface area contributed by atoms with E-state index >= 15 is 0 Å². The van der Waals surface area contributed by atoms with Crippen LogP contribution in [0.3, 0.4) is 0 Å². The van der Waals surface area contributed by atoms with E-state index in [1.807, 2.05) is 18.7 Å². The Balaban J connectivity index is 2.48. The van der Waals surface area contributed by atoms with Crippen molar-refractivity contribution in [1.82, 2.24) is 4.90 Å². The summed E-state index contributed by atoms with van der Waals surface area (Å²) in [5.74, 6) is 0.142. The fraction of sp³-hybridized carbons (Fsp3) is 0.917. The van der Waals surface area contributed by atoms with Gasteiger partial charge in [0.25, 0.3) is 0 Å². The van der Waals surface area contributed by atoms with Crippen LogP contribution in [-0.4, -0.2) is 35.6 Å². The zero-order valence-electron chi connectivity index (χ0n) is 10.3. The average molecular weight is 213 g/mol. The zero-order chi connectivity index (χ0) is 11.4. The van der Waals surface area contributed by atoms with Crippen LogP contribution in [0.1, 0.15) is 47.0 Å². The van der Waals surface area contributed by atoms with Crippen molar-refractivity contribution in [2.75, 3.05) is 6.61 Å². The summed E-state index contributed by atoms with van der Waals surface area (Å²) in [6, 6.07) is 0.744. The van der Waals surface area contributed by atoms with Crippen LogP contribution in [0.2, 0.25) is 0 Å². The number of carbonyl (C=O) groups is 1. The summed E-state index contributed by atoms with van der Waals surface area (Å²) in [5.41, 5.74) is 0. The highest BCUT2D eigenvalue weighted by molar-refractivity contribution is 5.78.